The van der Waals surface area contributed by atoms with Gasteiger partial charge >= 0.3 is 0 Å². The van der Waals surface area contributed by atoms with E-state index in [9.17, 15) is 4.79 Å². The topological polar surface area (TPSA) is 52.2 Å². The van der Waals surface area contributed by atoms with Gasteiger partial charge in [0.2, 0.25) is 5.78 Å². The van der Waals surface area contributed by atoms with E-state index in [0.717, 1.165) is 0 Å². The quantitative estimate of drug-likeness (QED) is 0.505. The Bertz CT molecular complexity index is 441. The van der Waals surface area contributed by atoms with Crippen molar-refractivity contribution in [2.45, 2.75) is 0 Å². The normalized spacial score (nSPS) is 10.6. The molecule has 0 radical (unpaired) electrons. The van der Waals surface area contributed by atoms with Crippen LogP contribution in [-0.2, 0) is 7.05 Å². The fraction of sp³-hybridized carbons (Fsp3) is 0.167. The number of aromatic nitrogens is 4. The van der Waals surface area contributed by atoms with E-state index in [0.29, 0.717) is 5.78 Å². The van der Waals surface area contributed by atoms with Gasteiger partial charge in [-0.3, -0.25) is 4.79 Å². The Kier molecular flexibility index (Phi) is 1.06. The summed E-state index contributed by atoms with van der Waals surface area (Å²) in [5, 5.41) is 7.37. The van der Waals surface area contributed by atoms with E-state index in [4.69, 9.17) is 0 Å². The molecule has 5 nitrogen and oxygen atoms in total. The summed E-state index contributed by atoms with van der Waals surface area (Å²) in [4.78, 5) is 11.1. The fourth-order valence-electron chi connectivity index (χ4n) is 0.947. The van der Waals surface area contributed by atoms with E-state index >= 15 is 0 Å². The minimum Gasteiger partial charge on any atom is -0.320 e. The largest absolute Gasteiger partial charge is 0.320 e. The summed E-state index contributed by atoms with van der Waals surface area (Å²) in [7, 11) is 1.81. The summed E-state index contributed by atoms with van der Waals surface area (Å²) in [5.74, 6) is 0.553. The molecule has 0 aromatic carbocycles. The van der Waals surface area contributed by atoms with Gasteiger partial charge in [0, 0.05) is 19.3 Å². The molecule has 0 aliphatic carbocycles. The molecule has 0 bridgehead atoms. The Morgan fingerprint density at radius 1 is 1.55 bits per heavy atom. The molecule has 11 heavy (non-hydrogen) atoms. The van der Waals surface area contributed by atoms with Crippen molar-refractivity contribution in [3.05, 3.63) is 28.9 Å². The number of aryl methyl sites for hydroxylation is 1. The SMILES string of the molecule is Cn1ccc(=O)n2cnnc12. The van der Waals surface area contributed by atoms with E-state index in [2.05, 4.69) is 10.2 Å². The van der Waals surface area contributed by atoms with Crippen LogP contribution in [0.25, 0.3) is 5.78 Å². The molecule has 0 fully saturated rings. The summed E-state index contributed by atoms with van der Waals surface area (Å²) in [6, 6.07) is 1.47. The Morgan fingerprint density at radius 2 is 2.36 bits per heavy atom. The maximum atomic E-state index is 11.1. The van der Waals surface area contributed by atoms with Crippen molar-refractivity contribution < 1.29 is 0 Å². The summed E-state index contributed by atoms with van der Waals surface area (Å²) in [6.07, 6.45) is 3.06. The molecular weight excluding hydrogens is 144 g/mol. The van der Waals surface area contributed by atoms with Crippen molar-refractivity contribution in [3.63, 3.8) is 0 Å². The predicted octanol–water partition coefficient (Wildman–Crippen LogP) is -0.572. The Hall–Kier alpha value is -1.65. The molecule has 0 unspecified atom stereocenters. The highest BCUT2D eigenvalue weighted by atomic mass is 16.1. The number of hydrogen-bond donors (Lipinski definition) is 0. The first-order valence-electron chi connectivity index (χ1n) is 3.14. The number of rotatable bonds is 0. The van der Waals surface area contributed by atoms with Crippen LogP contribution in [0.2, 0.25) is 0 Å². The van der Waals surface area contributed by atoms with E-state index in [1.807, 2.05) is 7.05 Å². The van der Waals surface area contributed by atoms with Gasteiger partial charge in [0.05, 0.1) is 0 Å². The predicted molar refractivity (Wildman–Crippen MR) is 38.2 cm³/mol. The second-order valence-corrected chi connectivity index (χ2v) is 2.27. The van der Waals surface area contributed by atoms with Crippen molar-refractivity contribution in [2.75, 3.05) is 0 Å². The van der Waals surface area contributed by atoms with Crippen LogP contribution in [0, 0.1) is 0 Å². The van der Waals surface area contributed by atoms with Crippen LogP contribution in [0.4, 0.5) is 0 Å². The molecule has 2 aromatic rings. The number of nitrogens with zero attached hydrogens (tertiary/aromatic N) is 4. The van der Waals surface area contributed by atoms with Crippen LogP contribution >= 0.6 is 0 Å². The Labute approximate surface area is 61.9 Å². The first kappa shape index (κ1) is 6.09. The average Bonchev–Trinajstić information content (AvgIpc) is 2.45. The zero-order valence-corrected chi connectivity index (χ0v) is 5.93. The molecular formula is C6H6N4O. The molecule has 56 valence electrons. The lowest BCUT2D eigenvalue weighted by molar-refractivity contribution is 0.864. The summed E-state index contributed by atoms with van der Waals surface area (Å²) in [6.45, 7) is 0. The highest BCUT2D eigenvalue weighted by molar-refractivity contribution is 5.25. The highest BCUT2D eigenvalue weighted by Gasteiger charge is 1.98. The molecule has 0 N–H and O–H groups in total. The van der Waals surface area contributed by atoms with Crippen LogP contribution in [0.3, 0.4) is 0 Å². The molecule has 0 spiro atoms. The lowest BCUT2D eigenvalue weighted by Crippen LogP contribution is -2.13. The van der Waals surface area contributed by atoms with Crippen LogP contribution < -0.4 is 5.56 Å². The maximum Gasteiger partial charge on any atom is 0.260 e. The number of hydrogen-bond acceptors (Lipinski definition) is 3. The lowest BCUT2D eigenvalue weighted by Gasteiger charge is -1.96. The maximum absolute atomic E-state index is 11.1. The van der Waals surface area contributed by atoms with Crippen molar-refractivity contribution in [1.82, 2.24) is 19.2 Å². The van der Waals surface area contributed by atoms with Crippen LogP contribution in [-0.4, -0.2) is 19.2 Å². The zero-order chi connectivity index (χ0) is 7.84. The van der Waals surface area contributed by atoms with Crippen molar-refractivity contribution in [3.8, 4) is 0 Å². The summed E-state index contributed by atoms with van der Waals surface area (Å²) in [5.41, 5.74) is -0.108. The molecule has 5 heteroatoms. The van der Waals surface area contributed by atoms with Gasteiger partial charge in [-0.05, 0) is 0 Å². The van der Waals surface area contributed by atoms with Crippen molar-refractivity contribution >= 4 is 5.78 Å². The van der Waals surface area contributed by atoms with E-state index in [1.54, 1.807) is 10.8 Å². The Morgan fingerprint density at radius 3 is 3.09 bits per heavy atom. The van der Waals surface area contributed by atoms with Crippen LogP contribution in [0.1, 0.15) is 0 Å². The van der Waals surface area contributed by atoms with Gasteiger partial charge < -0.3 is 4.57 Å². The molecule has 0 aliphatic rings. The van der Waals surface area contributed by atoms with Gasteiger partial charge in [0.1, 0.15) is 6.33 Å². The van der Waals surface area contributed by atoms with Crippen molar-refractivity contribution in [1.29, 1.82) is 0 Å². The molecule has 0 aliphatic heterocycles. The van der Waals surface area contributed by atoms with Gasteiger partial charge in [0.25, 0.3) is 5.56 Å². The summed E-state index contributed by atoms with van der Waals surface area (Å²) >= 11 is 0. The molecule has 2 heterocycles. The standard InChI is InChI=1S/C6H6N4O/c1-9-3-2-5(11)10-4-7-8-6(9)10/h2-4H,1H3. The molecule has 0 atom stereocenters. The minimum absolute atomic E-state index is 0.108. The second kappa shape index (κ2) is 1.91. The molecule has 2 aromatic heterocycles. The van der Waals surface area contributed by atoms with Gasteiger partial charge in [0.15, 0.2) is 0 Å². The minimum atomic E-state index is -0.108. The highest BCUT2D eigenvalue weighted by Crippen LogP contribution is 1.89. The fourth-order valence-corrected chi connectivity index (χ4v) is 0.947. The molecule has 2 rings (SSSR count). The lowest BCUT2D eigenvalue weighted by atomic mass is 10.6. The first-order valence-corrected chi connectivity index (χ1v) is 3.14. The Balaban J connectivity index is 3.08. The van der Waals surface area contributed by atoms with Gasteiger partial charge in [-0.15, -0.1) is 10.2 Å². The molecule has 0 amide bonds. The van der Waals surface area contributed by atoms with E-state index in [1.165, 1.54) is 16.8 Å². The van der Waals surface area contributed by atoms with Gasteiger partial charge in [-0.25, -0.2) is 4.40 Å². The van der Waals surface area contributed by atoms with E-state index in [-0.39, 0.29) is 5.56 Å². The summed E-state index contributed by atoms with van der Waals surface area (Å²) < 4.78 is 3.12. The third-order valence-electron chi connectivity index (χ3n) is 1.52. The number of fused-ring (bicyclic) bond motifs is 1. The van der Waals surface area contributed by atoms with Crippen LogP contribution in [0.15, 0.2) is 23.4 Å². The van der Waals surface area contributed by atoms with Gasteiger partial charge in [-0.2, -0.15) is 0 Å². The third-order valence-corrected chi connectivity index (χ3v) is 1.52. The van der Waals surface area contributed by atoms with Crippen LogP contribution in [0.5, 0.6) is 0 Å². The van der Waals surface area contributed by atoms with E-state index < -0.39 is 0 Å². The smallest absolute Gasteiger partial charge is 0.260 e. The second-order valence-electron chi connectivity index (χ2n) is 2.27. The molecule has 0 saturated heterocycles. The average molecular weight is 150 g/mol. The first-order chi connectivity index (χ1) is 5.29. The van der Waals surface area contributed by atoms with Gasteiger partial charge in [-0.1, -0.05) is 0 Å². The monoisotopic (exact) mass is 150 g/mol. The zero-order valence-electron chi connectivity index (χ0n) is 5.93. The molecule has 0 saturated carbocycles. The third kappa shape index (κ3) is 0.739. The van der Waals surface area contributed by atoms with Crippen molar-refractivity contribution in [2.24, 2.45) is 7.05 Å².